The molecular formula is C15H20N2O2S. The van der Waals surface area contributed by atoms with Gasteiger partial charge in [0.25, 0.3) is 0 Å². The molecule has 1 heterocycles. The number of hydrogen-bond donors (Lipinski definition) is 1. The van der Waals surface area contributed by atoms with Gasteiger partial charge in [0.2, 0.25) is 5.91 Å². The number of hydrogen-bond acceptors (Lipinski definition) is 3. The van der Waals surface area contributed by atoms with Crippen LogP contribution in [0.15, 0.2) is 24.3 Å². The minimum atomic E-state index is 0.107. The molecule has 2 atom stereocenters. The third-order valence-corrected chi connectivity index (χ3v) is 4.06. The summed E-state index contributed by atoms with van der Waals surface area (Å²) in [5.74, 6) is 0.107. The molecule has 1 aromatic rings. The van der Waals surface area contributed by atoms with E-state index in [4.69, 9.17) is 22.7 Å². The highest BCUT2D eigenvalue weighted by atomic mass is 32.1. The highest BCUT2D eigenvalue weighted by Crippen LogP contribution is 2.19. The Labute approximate surface area is 124 Å². The summed E-state index contributed by atoms with van der Waals surface area (Å²) in [7, 11) is 1.85. The number of likely N-dealkylation sites (N-methyl/N-ethyl adjacent to an activating group) is 1. The molecule has 2 unspecified atom stereocenters. The second-order valence-electron chi connectivity index (χ2n) is 5.17. The fourth-order valence-corrected chi connectivity index (χ4v) is 2.64. The summed E-state index contributed by atoms with van der Waals surface area (Å²) < 4.78 is 5.51. The van der Waals surface area contributed by atoms with Gasteiger partial charge in [-0.05, 0) is 18.9 Å². The van der Waals surface area contributed by atoms with Crippen molar-refractivity contribution in [3.63, 3.8) is 0 Å². The Morgan fingerprint density at radius 1 is 1.45 bits per heavy atom. The molecule has 20 heavy (non-hydrogen) atoms. The molecule has 4 nitrogen and oxygen atoms in total. The number of benzene rings is 1. The van der Waals surface area contributed by atoms with Crippen LogP contribution in [0.25, 0.3) is 0 Å². The minimum absolute atomic E-state index is 0.107. The SMILES string of the molecule is CC1OCCC1N(C)C(=O)Cc1ccc(C(N)=S)cc1. The number of nitrogens with zero attached hydrogens (tertiary/aromatic N) is 1. The van der Waals surface area contributed by atoms with Gasteiger partial charge in [0.1, 0.15) is 4.99 Å². The molecule has 0 aliphatic carbocycles. The van der Waals surface area contributed by atoms with Crippen LogP contribution in [0.5, 0.6) is 0 Å². The van der Waals surface area contributed by atoms with E-state index in [1.165, 1.54) is 0 Å². The molecule has 5 heteroatoms. The van der Waals surface area contributed by atoms with Gasteiger partial charge in [0.15, 0.2) is 0 Å². The summed E-state index contributed by atoms with van der Waals surface area (Å²) >= 11 is 4.91. The first-order valence-corrected chi connectivity index (χ1v) is 7.16. The summed E-state index contributed by atoms with van der Waals surface area (Å²) in [6, 6.07) is 7.68. The zero-order chi connectivity index (χ0) is 14.7. The van der Waals surface area contributed by atoms with Gasteiger partial charge < -0.3 is 15.4 Å². The molecule has 0 aromatic heterocycles. The van der Waals surface area contributed by atoms with Gasteiger partial charge in [-0.25, -0.2) is 0 Å². The van der Waals surface area contributed by atoms with Crippen LogP contribution in [0.1, 0.15) is 24.5 Å². The maximum atomic E-state index is 12.3. The van der Waals surface area contributed by atoms with E-state index in [9.17, 15) is 4.79 Å². The third kappa shape index (κ3) is 3.35. The molecule has 2 rings (SSSR count). The van der Waals surface area contributed by atoms with E-state index in [0.717, 1.165) is 24.2 Å². The van der Waals surface area contributed by atoms with Crippen molar-refractivity contribution in [2.45, 2.75) is 31.9 Å². The molecule has 1 fully saturated rings. The smallest absolute Gasteiger partial charge is 0.227 e. The van der Waals surface area contributed by atoms with E-state index in [-0.39, 0.29) is 18.1 Å². The van der Waals surface area contributed by atoms with Gasteiger partial charge in [-0.15, -0.1) is 0 Å². The maximum Gasteiger partial charge on any atom is 0.227 e. The van der Waals surface area contributed by atoms with Gasteiger partial charge in [0.05, 0.1) is 18.6 Å². The average molecular weight is 292 g/mol. The maximum absolute atomic E-state index is 12.3. The molecule has 1 aliphatic rings. The molecule has 108 valence electrons. The van der Waals surface area contributed by atoms with Gasteiger partial charge in [-0.1, -0.05) is 36.5 Å². The fraction of sp³-hybridized carbons (Fsp3) is 0.467. The van der Waals surface area contributed by atoms with E-state index in [0.29, 0.717) is 11.4 Å². The first-order valence-electron chi connectivity index (χ1n) is 6.75. The lowest BCUT2D eigenvalue weighted by atomic mass is 10.1. The highest BCUT2D eigenvalue weighted by molar-refractivity contribution is 7.80. The van der Waals surface area contributed by atoms with Crippen molar-refractivity contribution >= 4 is 23.1 Å². The van der Waals surface area contributed by atoms with Crippen LogP contribution in [-0.4, -0.2) is 41.6 Å². The highest BCUT2D eigenvalue weighted by Gasteiger charge is 2.30. The quantitative estimate of drug-likeness (QED) is 0.855. The van der Waals surface area contributed by atoms with Crippen molar-refractivity contribution in [2.24, 2.45) is 5.73 Å². The molecule has 1 saturated heterocycles. The number of ether oxygens (including phenoxy) is 1. The summed E-state index contributed by atoms with van der Waals surface area (Å²) in [5, 5.41) is 0. The standard InChI is InChI=1S/C15H20N2O2S/c1-10-13(7-8-19-10)17(2)14(18)9-11-3-5-12(6-4-11)15(16)20/h3-6,10,13H,7-9H2,1-2H3,(H2,16,20). The lowest BCUT2D eigenvalue weighted by Gasteiger charge is -2.26. The van der Waals surface area contributed by atoms with Crippen molar-refractivity contribution < 1.29 is 9.53 Å². The topological polar surface area (TPSA) is 55.6 Å². The molecular weight excluding hydrogens is 272 g/mol. The zero-order valence-corrected chi connectivity index (χ0v) is 12.7. The van der Waals surface area contributed by atoms with E-state index in [1.807, 2.05) is 38.2 Å². The van der Waals surface area contributed by atoms with Crippen LogP contribution in [0.2, 0.25) is 0 Å². The Kier molecular flexibility index (Phi) is 4.73. The summed E-state index contributed by atoms with van der Waals surface area (Å²) in [4.78, 5) is 14.5. The Bertz CT molecular complexity index is 501. The van der Waals surface area contributed by atoms with Crippen LogP contribution in [0, 0.1) is 0 Å². The average Bonchev–Trinajstić information content (AvgIpc) is 2.84. The number of carbonyl (C=O) groups is 1. The largest absolute Gasteiger partial charge is 0.389 e. The van der Waals surface area contributed by atoms with Crippen LogP contribution >= 0.6 is 12.2 Å². The molecule has 1 aliphatic heterocycles. The van der Waals surface area contributed by atoms with Crippen LogP contribution in [0.3, 0.4) is 0 Å². The number of rotatable bonds is 4. The number of thiocarbonyl (C=S) groups is 1. The Morgan fingerprint density at radius 3 is 2.60 bits per heavy atom. The molecule has 0 saturated carbocycles. The van der Waals surface area contributed by atoms with Crippen molar-refractivity contribution in [1.29, 1.82) is 0 Å². The molecule has 1 amide bonds. The van der Waals surface area contributed by atoms with Gasteiger partial charge in [-0.3, -0.25) is 4.79 Å². The molecule has 0 radical (unpaired) electrons. The van der Waals surface area contributed by atoms with Crippen molar-refractivity contribution in [1.82, 2.24) is 4.90 Å². The molecule has 1 aromatic carbocycles. The summed E-state index contributed by atoms with van der Waals surface area (Å²) in [5.41, 5.74) is 7.34. The van der Waals surface area contributed by atoms with Gasteiger partial charge in [-0.2, -0.15) is 0 Å². The van der Waals surface area contributed by atoms with Crippen LogP contribution in [-0.2, 0) is 16.0 Å². The number of carbonyl (C=O) groups excluding carboxylic acids is 1. The van der Waals surface area contributed by atoms with Gasteiger partial charge in [0, 0.05) is 19.2 Å². The normalized spacial score (nSPS) is 21.7. The van der Waals surface area contributed by atoms with E-state index in [2.05, 4.69) is 0 Å². The summed E-state index contributed by atoms with van der Waals surface area (Å²) in [6.07, 6.45) is 1.40. The number of amides is 1. The minimum Gasteiger partial charge on any atom is -0.389 e. The van der Waals surface area contributed by atoms with E-state index < -0.39 is 0 Å². The zero-order valence-electron chi connectivity index (χ0n) is 11.8. The monoisotopic (exact) mass is 292 g/mol. The predicted molar refractivity (Wildman–Crippen MR) is 82.6 cm³/mol. The van der Waals surface area contributed by atoms with Crippen molar-refractivity contribution in [3.05, 3.63) is 35.4 Å². The molecule has 2 N–H and O–H groups in total. The fourth-order valence-electron chi connectivity index (χ4n) is 2.50. The molecule has 0 spiro atoms. The first kappa shape index (κ1) is 14.9. The molecule has 0 bridgehead atoms. The third-order valence-electron chi connectivity index (χ3n) is 3.82. The predicted octanol–water partition coefficient (Wildman–Crippen LogP) is 1.50. The van der Waals surface area contributed by atoms with E-state index >= 15 is 0 Å². The Morgan fingerprint density at radius 2 is 2.10 bits per heavy atom. The lowest BCUT2D eigenvalue weighted by Crippen LogP contribution is -2.41. The van der Waals surface area contributed by atoms with Crippen molar-refractivity contribution in [3.8, 4) is 0 Å². The summed E-state index contributed by atoms with van der Waals surface area (Å²) in [6.45, 7) is 2.74. The number of nitrogens with two attached hydrogens (primary N) is 1. The second-order valence-corrected chi connectivity index (χ2v) is 5.61. The van der Waals surface area contributed by atoms with E-state index in [1.54, 1.807) is 4.90 Å². The van der Waals surface area contributed by atoms with Crippen LogP contribution < -0.4 is 5.73 Å². The Hall–Kier alpha value is -1.46. The second kappa shape index (κ2) is 6.33. The lowest BCUT2D eigenvalue weighted by molar-refractivity contribution is -0.132. The van der Waals surface area contributed by atoms with Gasteiger partial charge >= 0.3 is 0 Å². The van der Waals surface area contributed by atoms with Crippen molar-refractivity contribution in [2.75, 3.05) is 13.7 Å². The van der Waals surface area contributed by atoms with Crippen LogP contribution in [0.4, 0.5) is 0 Å². The Balaban J connectivity index is 1.98. The first-order chi connectivity index (χ1) is 9.49.